The summed E-state index contributed by atoms with van der Waals surface area (Å²) in [5.41, 5.74) is 1.36. The fraction of sp³-hybridized carbons (Fsp3) is 0.529. The lowest BCUT2D eigenvalue weighted by molar-refractivity contribution is -0.116. The van der Waals surface area contributed by atoms with Gasteiger partial charge in [-0.1, -0.05) is 6.07 Å². The van der Waals surface area contributed by atoms with Crippen molar-refractivity contribution in [3.8, 4) is 0 Å². The van der Waals surface area contributed by atoms with Gasteiger partial charge in [0.25, 0.3) is 0 Å². The molecule has 6 nitrogen and oxygen atoms in total. The van der Waals surface area contributed by atoms with Crippen LogP contribution in [-0.4, -0.2) is 31.6 Å². The Hall–Kier alpha value is -2.08. The molecule has 4 N–H and O–H groups in total. The molecule has 1 aliphatic heterocycles. The molecule has 0 unspecified atom stereocenters. The lowest BCUT2D eigenvalue weighted by Gasteiger charge is -2.22. The van der Waals surface area contributed by atoms with Crippen molar-refractivity contribution in [3.63, 3.8) is 0 Å². The first-order chi connectivity index (χ1) is 11.2. The third-order valence-corrected chi connectivity index (χ3v) is 3.98. The van der Waals surface area contributed by atoms with Gasteiger partial charge < -0.3 is 21.3 Å². The zero-order chi connectivity index (χ0) is 16.5. The highest BCUT2D eigenvalue weighted by atomic mass is 16.2. The fourth-order valence-electron chi connectivity index (χ4n) is 2.74. The van der Waals surface area contributed by atoms with Crippen molar-refractivity contribution in [3.05, 3.63) is 24.3 Å². The van der Waals surface area contributed by atoms with E-state index in [1.807, 2.05) is 19.1 Å². The standard InChI is InChI=1S/C17H26N4O2/c1-2-19-17(23)21-15-5-3-4-14(12-15)20-16(22)7-6-13-8-10-18-11-9-13/h3-5,12-13,18H,2,6-11H2,1H3,(H,20,22)(H2,19,21,23). The summed E-state index contributed by atoms with van der Waals surface area (Å²) in [5, 5.41) is 11.6. The monoisotopic (exact) mass is 318 g/mol. The van der Waals surface area contributed by atoms with Crippen LogP contribution in [0.5, 0.6) is 0 Å². The van der Waals surface area contributed by atoms with Crippen LogP contribution in [0.1, 0.15) is 32.6 Å². The molecular weight excluding hydrogens is 292 g/mol. The molecule has 6 heteroatoms. The van der Waals surface area contributed by atoms with Crippen LogP contribution >= 0.6 is 0 Å². The van der Waals surface area contributed by atoms with Crippen LogP contribution in [-0.2, 0) is 4.79 Å². The minimum Gasteiger partial charge on any atom is -0.338 e. The maximum atomic E-state index is 12.1. The highest BCUT2D eigenvalue weighted by Gasteiger charge is 2.14. The van der Waals surface area contributed by atoms with Crippen molar-refractivity contribution in [2.24, 2.45) is 5.92 Å². The number of carbonyl (C=O) groups is 2. The van der Waals surface area contributed by atoms with Crippen molar-refractivity contribution in [2.45, 2.75) is 32.6 Å². The number of hydrogen-bond donors (Lipinski definition) is 4. The third kappa shape index (κ3) is 6.28. The SMILES string of the molecule is CCNC(=O)Nc1cccc(NC(=O)CCC2CCNCC2)c1. The van der Waals surface area contributed by atoms with Gasteiger partial charge in [-0.3, -0.25) is 4.79 Å². The zero-order valence-corrected chi connectivity index (χ0v) is 13.7. The second kappa shape index (κ2) is 9.15. The number of rotatable bonds is 6. The van der Waals surface area contributed by atoms with Gasteiger partial charge in [-0.15, -0.1) is 0 Å². The molecule has 0 radical (unpaired) electrons. The second-order valence-electron chi connectivity index (χ2n) is 5.85. The van der Waals surface area contributed by atoms with E-state index in [0.29, 0.717) is 30.3 Å². The van der Waals surface area contributed by atoms with Crippen LogP contribution in [0.4, 0.5) is 16.2 Å². The maximum absolute atomic E-state index is 12.1. The number of nitrogens with one attached hydrogen (secondary N) is 4. The van der Waals surface area contributed by atoms with E-state index in [0.717, 1.165) is 32.4 Å². The van der Waals surface area contributed by atoms with Crippen LogP contribution < -0.4 is 21.3 Å². The average molecular weight is 318 g/mol. The summed E-state index contributed by atoms with van der Waals surface area (Å²) in [6.07, 6.45) is 3.78. The van der Waals surface area contributed by atoms with Gasteiger partial charge in [-0.2, -0.15) is 0 Å². The Morgan fingerprint density at radius 2 is 1.87 bits per heavy atom. The van der Waals surface area contributed by atoms with E-state index in [1.54, 1.807) is 12.1 Å². The van der Waals surface area contributed by atoms with Gasteiger partial charge in [-0.05, 0) is 63.4 Å². The Balaban J connectivity index is 1.79. The summed E-state index contributed by atoms with van der Waals surface area (Å²) in [6, 6.07) is 6.94. The molecular formula is C17H26N4O2. The van der Waals surface area contributed by atoms with Crippen LogP contribution in [0.3, 0.4) is 0 Å². The lowest BCUT2D eigenvalue weighted by atomic mass is 9.93. The molecule has 0 aliphatic carbocycles. The largest absolute Gasteiger partial charge is 0.338 e. The quantitative estimate of drug-likeness (QED) is 0.650. The van der Waals surface area contributed by atoms with Gasteiger partial charge in [0.1, 0.15) is 0 Å². The van der Waals surface area contributed by atoms with E-state index in [9.17, 15) is 9.59 Å². The molecule has 0 spiro atoms. The van der Waals surface area contributed by atoms with Crippen LogP contribution in [0, 0.1) is 5.92 Å². The summed E-state index contributed by atoms with van der Waals surface area (Å²) in [7, 11) is 0. The van der Waals surface area contributed by atoms with Crippen molar-refractivity contribution in [1.82, 2.24) is 10.6 Å². The Morgan fingerprint density at radius 3 is 2.57 bits per heavy atom. The normalized spacial score (nSPS) is 15.0. The molecule has 1 fully saturated rings. The van der Waals surface area contributed by atoms with Crippen LogP contribution in [0.25, 0.3) is 0 Å². The number of anilines is 2. The first kappa shape index (κ1) is 17.3. The van der Waals surface area contributed by atoms with Crippen LogP contribution in [0.15, 0.2) is 24.3 Å². The molecule has 0 atom stereocenters. The molecule has 1 aliphatic rings. The van der Waals surface area contributed by atoms with E-state index < -0.39 is 0 Å². The van der Waals surface area contributed by atoms with Gasteiger partial charge in [-0.25, -0.2) is 4.79 Å². The van der Waals surface area contributed by atoms with Crippen molar-refractivity contribution in [2.75, 3.05) is 30.3 Å². The molecule has 2 rings (SSSR count). The smallest absolute Gasteiger partial charge is 0.319 e. The molecule has 1 aromatic carbocycles. The van der Waals surface area contributed by atoms with E-state index in [1.165, 1.54) is 0 Å². The van der Waals surface area contributed by atoms with Crippen LogP contribution in [0.2, 0.25) is 0 Å². The molecule has 126 valence electrons. The summed E-state index contributed by atoms with van der Waals surface area (Å²) in [5.74, 6) is 0.673. The Labute approximate surface area is 137 Å². The van der Waals surface area contributed by atoms with Gasteiger partial charge in [0.15, 0.2) is 0 Å². The highest BCUT2D eigenvalue weighted by molar-refractivity contribution is 5.93. The third-order valence-electron chi connectivity index (χ3n) is 3.98. The minimum absolute atomic E-state index is 0.0266. The second-order valence-corrected chi connectivity index (χ2v) is 5.85. The summed E-state index contributed by atoms with van der Waals surface area (Å²) >= 11 is 0. The minimum atomic E-state index is -0.248. The maximum Gasteiger partial charge on any atom is 0.319 e. The summed E-state index contributed by atoms with van der Waals surface area (Å²) in [6.45, 7) is 4.54. The summed E-state index contributed by atoms with van der Waals surface area (Å²) < 4.78 is 0. The summed E-state index contributed by atoms with van der Waals surface area (Å²) in [4.78, 5) is 23.6. The molecule has 1 saturated heterocycles. The zero-order valence-electron chi connectivity index (χ0n) is 13.7. The number of hydrogen-bond acceptors (Lipinski definition) is 3. The Morgan fingerprint density at radius 1 is 1.17 bits per heavy atom. The van der Waals surface area contributed by atoms with E-state index >= 15 is 0 Å². The number of piperidine rings is 1. The van der Waals surface area contributed by atoms with Crippen molar-refractivity contribution >= 4 is 23.3 Å². The molecule has 3 amide bonds. The predicted octanol–water partition coefficient (Wildman–Crippen LogP) is 2.55. The number of urea groups is 1. The molecule has 0 aromatic heterocycles. The van der Waals surface area contributed by atoms with Gasteiger partial charge in [0.05, 0.1) is 0 Å². The molecule has 0 saturated carbocycles. The van der Waals surface area contributed by atoms with Gasteiger partial charge in [0.2, 0.25) is 5.91 Å². The predicted molar refractivity (Wildman–Crippen MR) is 92.6 cm³/mol. The van der Waals surface area contributed by atoms with E-state index in [-0.39, 0.29) is 11.9 Å². The van der Waals surface area contributed by atoms with Gasteiger partial charge in [0, 0.05) is 24.3 Å². The fourth-order valence-corrected chi connectivity index (χ4v) is 2.74. The Bertz CT molecular complexity index is 527. The molecule has 1 aromatic rings. The van der Waals surface area contributed by atoms with E-state index in [4.69, 9.17) is 0 Å². The number of benzene rings is 1. The van der Waals surface area contributed by atoms with Crippen molar-refractivity contribution < 1.29 is 9.59 Å². The molecule has 1 heterocycles. The highest BCUT2D eigenvalue weighted by Crippen LogP contribution is 2.19. The molecule has 23 heavy (non-hydrogen) atoms. The first-order valence-corrected chi connectivity index (χ1v) is 8.33. The van der Waals surface area contributed by atoms with Gasteiger partial charge >= 0.3 is 6.03 Å². The lowest BCUT2D eigenvalue weighted by Crippen LogP contribution is -2.28. The van der Waals surface area contributed by atoms with E-state index in [2.05, 4.69) is 21.3 Å². The topological polar surface area (TPSA) is 82.3 Å². The van der Waals surface area contributed by atoms with Crippen molar-refractivity contribution in [1.29, 1.82) is 0 Å². The first-order valence-electron chi connectivity index (χ1n) is 8.33. The number of carbonyl (C=O) groups excluding carboxylic acids is 2. The Kier molecular flexibility index (Phi) is 6.87. The molecule has 0 bridgehead atoms. The number of amides is 3. The average Bonchev–Trinajstić information content (AvgIpc) is 2.54.